The lowest BCUT2D eigenvalue weighted by atomic mass is 9.94. The molecule has 21 heavy (non-hydrogen) atoms. The number of esters is 1. The predicted molar refractivity (Wildman–Crippen MR) is 75.9 cm³/mol. The van der Waals surface area contributed by atoms with Crippen LogP contribution in [0.2, 0.25) is 0 Å². The van der Waals surface area contributed by atoms with E-state index in [1.54, 1.807) is 6.92 Å². The van der Waals surface area contributed by atoms with Gasteiger partial charge in [0.2, 0.25) is 4.93 Å². The van der Waals surface area contributed by atoms with Crippen molar-refractivity contribution in [3.05, 3.63) is 0 Å². The van der Waals surface area contributed by atoms with Crippen molar-refractivity contribution in [3.8, 4) is 0 Å². The van der Waals surface area contributed by atoms with Crippen LogP contribution >= 0.6 is 0 Å². The highest BCUT2D eigenvalue weighted by molar-refractivity contribution is 7.96. The van der Waals surface area contributed by atoms with Crippen molar-refractivity contribution in [1.82, 2.24) is 0 Å². The topological polar surface area (TPSA) is 94.6 Å². The SMILES string of the molecule is CCC(C)C(=O)OC12CC3CC(CC(C1)S3(=O)=O)S2(=O)=O. The highest BCUT2D eigenvalue weighted by Crippen LogP contribution is 2.54. The van der Waals surface area contributed by atoms with Crippen molar-refractivity contribution in [2.45, 2.75) is 66.6 Å². The lowest BCUT2D eigenvalue weighted by Crippen LogP contribution is -2.67. The number of carbonyl (C=O) groups is 1. The Morgan fingerprint density at radius 2 is 1.67 bits per heavy atom. The molecule has 0 amide bonds. The normalized spacial score (nSPS) is 43.4. The van der Waals surface area contributed by atoms with E-state index in [1.807, 2.05) is 6.92 Å². The fourth-order valence-electron chi connectivity index (χ4n) is 3.78. The van der Waals surface area contributed by atoms with E-state index in [0.29, 0.717) is 6.42 Å². The molecule has 0 aromatic heterocycles. The molecule has 4 aliphatic heterocycles. The fourth-order valence-corrected chi connectivity index (χ4v) is 9.43. The van der Waals surface area contributed by atoms with Gasteiger partial charge in [-0.2, -0.15) is 0 Å². The van der Waals surface area contributed by atoms with Crippen LogP contribution in [-0.2, 0) is 29.2 Å². The van der Waals surface area contributed by atoms with Gasteiger partial charge in [0.25, 0.3) is 0 Å². The van der Waals surface area contributed by atoms with Gasteiger partial charge in [-0.3, -0.25) is 4.79 Å². The van der Waals surface area contributed by atoms with Crippen molar-refractivity contribution >= 4 is 25.6 Å². The summed E-state index contributed by atoms with van der Waals surface area (Å²) in [6, 6.07) is 0. The Bertz CT molecular complexity index is 655. The minimum absolute atomic E-state index is 0.0904. The first kappa shape index (κ1) is 15.3. The Morgan fingerprint density at radius 1 is 1.14 bits per heavy atom. The Labute approximate surface area is 125 Å². The molecule has 0 N–H and O–H groups in total. The van der Waals surface area contributed by atoms with E-state index in [0.717, 1.165) is 0 Å². The summed E-state index contributed by atoms with van der Waals surface area (Å²) in [5, 5.41) is -2.03. The van der Waals surface area contributed by atoms with Crippen LogP contribution in [0.1, 0.15) is 46.0 Å². The van der Waals surface area contributed by atoms with Crippen molar-refractivity contribution in [2.24, 2.45) is 5.92 Å². The summed E-state index contributed by atoms with van der Waals surface area (Å²) in [5.74, 6) is -0.926. The zero-order chi connectivity index (χ0) is 15.6. The maximum absolute atomic E-state index is 12.7. The van der Waals surface area contributed by atoms with E-state index in [1.165, 1.54) is 0 Å². The Balaban J connectivity index is 2.00. The van der Waals surface area contributed by atoms with Gasteiger partial charge in [-0.05, 0) is 19.3 Å². The second-order valence-corrected chi connectivity index (χ2v) is 11.5. The minimum Gasteiger partial charge on any atom is -0.442 e. The van der Waals surface area contributed by atoms with E-state index in [9.17, 15) is 21.6 Å². The molecule has 0 saturated carbocycles. The third-order valence-corrected chi connectivity index (χ3v) is 10.6. The molecule has 0 radical (unpaired) electrons. The van der Waals surface area contributed by atoms with Gasteiger partial charge in [-0.1, -0.05) is 13.8 Å². The largest absolute Gasteiger partial charge is 0.442 e. The third-order valence-electron chi connectivity index (χ3n) is 5.32. The molecule has 4 rings (SSSR count). The zero-order valence-electron chi connectivity index (χ0n) is 12.1. The van der Waals surface area contributed by atoms with Crippen molar-refractivity contribution in [2.75, 3.05) is 0 Å². The number of ether oxygens (including phenoxy) is 1. The van der Waals surface area contributed by atoms with Crippen molar-refractivity contribution < 1.29 is 26.4 Å². The van der Waals surface area contributed by atoms with Crippen LogP contribution in [0.3, 0.4) is 0 Å². The van der Waals surface area contributed by atoms with Gasteiger partial charge in [-0.15, -0.1) is 0 Å². The monoisotopic (exact) mass is 336 g/mol. The Kier molecular flexibility index (Phi) is 3.23. The molecule has 0 aliphatic carbocycles. The van der Waals surface area contributed by atoms with Gasteiger partial charge in [0.15, 0.2) is 19.7 Å². The average Bonchev–Trinajstić information content (AvgIpc) is 2.37. The Hall–Kier alpha value is -0.630. The fraction of sp³-hybridized carbons (Fsp3) is 0.923. The molecular formula is C13H20O6S2. The van der Waals surface area contributed by atoms with Crippen LogP contribution in [0.4, 0.5) is 0 Å². The summed E-state index contributed by atoms with van der Waals surface area (Å²) >= 11 is 0. The van der Waals surface area contributed by atoms with E-state index < -0.39 is 46.3 Å². The van der Waals surface area contributed by atoms with E-state index in [4.69, 9.17) is 4.74 Å². The minimum atomic E-state index is -3.62. The molecule has 0 aromatic rings. The van der Waals surface area contributed by atoms with Crippen LogP contribution in [0.5, 0.6) is 0 Å². The molecule has 4 heterocycles. The third kappa shape index (κ3) is 1.91. The smallest absolute Gasteiger partial charge is 0.310 e. The second kappa shape index (κ2) is 4.44. The molecule has 8 heteroatoms. The summed E-state index contributed by atoms with van der Waals surface area (Å²) in [6.07, 6.45) is 0.691. The lowest BCUT2D eigenvalue weighted by molar-refractivity contribution is -0.159. The molecule has 4 fully saturated rings. The van der Waals surface area contributed by atoms with Crippen LogP contribution in [-0.4, -0.2) is 43.5 Å². The lowest BCUT2D eigenvalue weighted by Gasteiger charge is -2.53. The van der Waals surface area contributed by atoms with E-state index >= 15 is 0 Å². The molecule has 3 unspecified atom stereocenters. The molecule has 0 aromatic carbocycles. The van der Waals surface area contributed by atoms with Crippen molar-refractivity contribution in [1.29, 1.82) is 0 Å². The number of rotatable bonds is 3. The van der Waals surface area contributed by atoms with Gasteiger partial charge in [0, 0.05) is 12.8 Å². The van der Waals surface area contributed by atoms with Crippen LogP contribution < -0.4 is 0 Å². The van der Waals surface area contributed by atoms with Crippen LogP contribution in [0, 0.1) is 5.92 Å². The summed E-state index contributed by atoms with van der Waals surface area (Å²) in [6.45, 7) is 3.51. The molecule has 4 bridgehead atoms. The first-order chi connectivity index (χ1) is 9.64. The number of carbonyl (C=O) groups excluding carboxylic acids is 1. The molecule has 4 saturated heterocycles. The van der Waals surface area contributed by atoms with E-state index in [-0.39, 0.29) is 31.6 Å². The van der Waals surface area contributed by atoms with Crippen molar-refractivity contribution in [3.63, 3.8) is 0 Å². The second-order valence-electron chi connectivity index (χ2n) is 6.52. The highest BCUT2D eigenvalue weighted by atomic mass is 32.2. The number of hydrogen-bond donors (Lipinski definition) is 0. The molecule has 0 spiro atoms. The van der Waals surface area contributed by atoms with Crippen LogP contribution in [0.25, 0.3) is 0 Å². The molecule has 3 atom stereocenters. The van der Waals surface area contributed by atoms with Crippen LogP contribution in [0.15, 0.2) is 0 Å². The molecule has 120 valence electrons. The van der Waals surface area contributed by atoms with E-state index in [2.05, 4.69) is 0 Å². The number of hydrogen-bond acceptors (Lipinski definition) is 6. The van der Waals surface area contributed by atoms with Gasteiger partial charge >= 0.3 is 5.97 Å². The Morgan fingerprint density at radius 3 is 2.14 bits per heavy atom. The molecular weight excluding hydrogens is 316 g/mol. The van der Waals surface area contributed by atoms with Gasteiger partial charge < -0.3 is 4.74 Å². The maximum Gasteiger partial charge on any atom is 0.310 e. The first-order valence-corrected chi connectivity index (χ1v) is 10.5. The molecule has 4 aliphatic rings. The predicted octanol–water partition coefficient (Wildman–Crippen LogP) is 0.809. The van der Waals surface area contributed by atoms with Gasteiger partial charge in [0.1, 0.15) is 0 Å². The van der Waals surface area contributed by atoms with Gasteiger partial charge in [0.05, 0.1) is 21.7 Å². The first-order valence-electron chi connectivity index (χ1n) is 7.33. The quantitative estimate of drug-likeness (QED) is 0.708. The summed E-state index contributed by atoms with van der Waals surface area (Å²) < 4.78 is 55.3. The average molecular weight is 336 g/mol. The maximum atomic E-state index is 12.7. The zero-order valence-corrected chi connectivity index (χ0v) is 13.7. The summed E-state index contributed by atoms with van der Waals surface area (Å²) in [5.41, 5.74) is 0. The number of sulfone groups is 2. The molecule has 6 nitrogen and oxygen atoms in total. The summed E-state index contributed by atoms with van der Waals surface area (Å²) in [7, 11) is -6.90. The highest BCUT2D eigenvalue weighted by Gasteiger charge is 2.68. The summed E-state index contributed by atoms with van der Waals surface area (Å²) in [4.78, 5) is 10.5. The standard InChI is InChI=1S/C13H20O6S2/c1-3-8(2)12(14)19-13-6-10-4-9(21(13,17)18)5-11(7-13)20(10,15)16/h8-11H,3-7H2,1-2H3. The van der Waals surface area contributed by atoms with Gasteiger partial charge in [-0.25, -0.2) is 16.8 Å².